The molecule has 0 radical (unpaired) electrons. The number of carbonyl (C=O) groups excluding carboxylic acids is 1. The van der Waals surface area contributed by atoms with Crippen LogP contribution in [0.1, 0.15) is 42.9 Å². The maximum atomic E-state index is 12.4. The number of carboxylic acid groups (broad SMARTS) is 1. The van der Waals surface area contributed by atoms with Gasteiger partial charge in [-0.1, -0.05) is 36.2 Å². The predicted molar refractivity (Wildman–Crippen MR) is 76.7 cm³/mol. The molecule has 1 aromatic carbocycles. The lowest BCUT2D eigenvalue weighted by Gasteiger charge is -2.20. The monoisotopic (exact) mass is 275 g/mol. The van der Waals surface area contributed by atoms with Crippen molar-refractivity contribution in [3.8, 4) is 0 Å². The van der Waals surface area contributed by atoms with Crippen LogP contribution in [0, 0.1) is 13.8 Å². The number of nitrogens with one attached hydrogen (secondary N) is 1. The van der Waals surface area contributed by atoms with Crippen LogP contribution in [0.4, 0.5) is 0 Å². The van der Waals surface area contributed by atoms with E-state index in [0.717, 1.165) is 29.5 Å². The molecular weight excluding hydrogens is 254 g/mol. The van der Waals surface area contributed by atoms with Crippen LogP contribution < -0.4 is 5.32 Å². The second-order valence-electron chi connectivity index (χ2n) is 5.73. The highest BCUT2D eigenvalue weighted by Crippen LogP contribution is 2.48. The number of hydrogen-bond donors (Lipinski definition) is 2. The molecule has 0 saturated heterocycles. The molecule has 1 aliphatic carbocycles. The molecule has 0 heterocycles. The fraction of sp³-hybridized carbons (Fsp3) is 0.500. The van der Waals surface area contributed by atoms with Gasteiger partial charge in [-0.05, 0) is 38.7 Å². The fourth-order valence-electron chi connectivity index (χ4n) is 2.66. The molecule has 1 saturated carbocycles. The smallest absolute Gasteiger partial charge is 0.326 e. The Bertz CT molecular complexity index is 526. The molecule has 4 nitrogen and oxygen atoms in total. The van der Waals surface area contributed by atoms with E-state index >= 15 is 0 Å². The lowest BCUT2D eigenvalue weighted by Crippen LogP contribution is -2.45. The van der Waals surface area contributed by atoms with Crippen LogP contribution in [0.15, 0.2) is 18.2 Å². The van der Waals surface area contributed by atoms with Crippen molar-refractivity contribution in [1.29, 1.82) is 0 Å². The summed E-state index contributed by atoms with van der Waals surface area (Å²) < 4.78 is 0. The maximum Gasteiger partial charge on any atom is 0.326 e. The van der Waals surface area contributed by atoms with Crippen molar-refractivity contribution >= 4 is 11.9 Å². The first-order valence-electron chi connectivity index (χ1n) is 7.01. The quantitative estimate of drug-likeness (QED) is 0.866. The third-order valence-corrected chi connectivity index (χ3v) is 3.97. The van der Waals surface area contributed by atoms with Gasteiger partial charge < -0.3 is 10.4 Å². The summed E-state index contributed by atoms with van der Waals surface area (Å²) in [5.74, 6) is -1.13. The Morgan fingerprint density at radius 3 is 2.20 bits per heavy atom. The normalized spacial score (nSPS) is 17.4. The van der Waals surface area contributed by atoms with E-state index in [-0.39, 0.29) is 5.91 Å². The van der Waals surface area contributed by atoms with E-state index in [1.807, 2.05) is 26.0 Å². The molecule has 1 atom stereocenters. The molecule has 1 fully saturated rings. The molecule has 0 aromatic heterocycles. The van der Waals surface area contributed by atoms with Gasteiger partial charge in [0.05, 0.1) is 5.41 Å². The third-order valence-electron chi connectivity index (χ3n) is 3.97. The van der Waals surface area contributed by atoms with Crippen LogP contribution in [-0.2, 0) is 15.0 Å². The molecule has 4 heteroatoms. The van der Waals surface area contributed by atoms with E-state index in [9.17, 15) is 9.59 Å². The van der Waals surface area contributed by atoms with Gasteiger partial charge in [0.1, 0.15) is 6.04 Å². The summed E-state index contributed by atoms with van der Waals surface area (Å²) in [6.45, 7) is 5.78. The number of hydrogen-bond acceptors (Lipinski definition) is 2. The second kappa shape index (κ2) is 5.27. The first-order valence-corrected chi connectivity index (χ1v) is 7.01. The SMILES string of the molecule is CCC(NC(=O)C1(c2cc(C)cc(C)c2)CC1)C(=O)O. The van der Waals surface area contributed by atoms with Gasteiger partial charge in [-0.25, -0.2) is 4.79 Å². The lowest BCUT2D eigenvalue weighted by molar-refractivity contribution is -0.142. The highest BCUT2D eigenvalue weighted by atomic mass is 16.4. The van der Waals surface area contributed by atoms with E-state index in [2.05, 4.69) is 11.4 Å². The minimum atomic E-state index is -0.975. The maximum absolute atomic E-state index is 12.4. The number of aliphatic carboxylic acids is 1. The minimum absolute atomic E-state index is 0.156. The Morgan fingerprint density at radius 2 is 1.80 bits per heavy atom. The first kappa shape index (κ1) is 14.6. The van der Waals surface area contributed by atoms with E-state index in [1.54, 1.807) is 6.92 Å². The molecule has 1 amide bonds. The van der Waals surface area contributed by atoms with Crippen molar-refractivity contribution in [3.05, 3.63) is 34.9 Å². The highest BCUT2D eigenvalue weighted by molar-refractivity contribution is 5.94. The van der Waals surface area contributed by atoms with Crippen molar-refractivity contribution in [2.75, 3.05) is 0 Å². The van der Waals surface area contributed by atoms with Crippen LogP contribution >= 0.6 is 0 Å². The molecule has 0 spiro atoms. The van der Waals surface area contributed by atoms with Gasteiger partial charge in [-0.2, -0.15) is 0 Å². The summed E-state index contributed by atoms with van der Waals surface area (Å²) in [7, 11) is 0. The average molecular weight is 275 g/mol. The third kappa shape index (κ3) is 2.69. The molecular formula is C16H21NO3. The summed E-state index contributed by atoms with van der Waals surface area (Å²) in [4.78, 5) is 23.5. The molecule has 0 bridgehead atoms. The van der Waals surface area contributed by atoms with Crippen LogP contribution in [0.25, 0.3) is 0 Å². The average Bonchev–Trinajstić information content (AvgIpc) is 3.15. The summed E-state index contributed by atoms with van der Waals surface area (Å²) in [6, 6.07) is 5.33. The van der Waals surface area contributed by atoms with E-state index in [4.69, 9.17) is 5.11 Å². The number of benzene rings is 1. The standard InChI is InChI=1S/C16H21NO3/c1-4-13(14(18)19)17-15(20)16(5-6-16)12-8-10(2)7-11(3)9-12/h7-9,13H,4-6H2,1-3H3,(H,17,20)(H,18,19). The van der Waals surface area contributed by atoms with Crippen molar-refractivity contribution in [3.63, 3.8) is 0 Å². The number of aryl methyl sites for hydroxylation is 2. The largest absolute Gasteiger partial charge is 0.480 e. The van der Waals surface area contributed by atoms with Gasteiger partial charge in [0.2, 0.25) is 5.91 Å². The van der Waals surface area contributed by atoms with Crippen molar-refractivity contribution in [2.45, 2.75) is 51.5 Å². The zero-order valence-corrected chi connectivity index (χ0v) is 12.2. The minimum Gasteiger partial charge on any atom is -0.480 e. The van der Waals surface area contributed by atoms with Crippen LogP contribution in [-0.4, -0.2) is 23.0 Å². The number of rotatable bonds is 5. The Morgan fingerprint density at radius 1 is 1.25 bits per heavy atom. The second-order valence-corrected chi connectivity index (χ2v) is 5.73. The van der Waals surface area contributed by atoms with Crippen LogP contribution in [0.5, 0.6) is 0 Å². The molecule has 2 rings (SSSR count). The van der Waals surface area contributed by atoms with Crippen LogP contribution in [0.3, 0.4) is 0 Å². The number of carbonyl (C=O) groups is 2. The van der Waals surface area contributed by atoms with E-state index in [1.165, 1.54) is 0 Å². The van der Waals surface area contributed by atoms with Crippen molar-refractivity contribution in [2.24, 2.45) is 0 Å². The van der Waals surface area contributed by atoms with E-state index < -0.39 is 17.4 Å². The Balaban J connectivity index is 2.22. The van der Waals surface area contributed by atoms with Gasteiger partial charge in [0, 0.05) is 0 Å². The Hall–Kier alpha value is -1.84. The summed E-state index contributed by atoms with van der Waals surface area (Å²) in [6.07, 6.45) is 1.97. The van der Waals surface area contributed by atoms with Gasteiger partial charge >= 0.3 is 5.97 Å². The zero-order valence-electron chi connectivity index (χ0n) is 12.2. The van der Waals surface area contributed by atoms with E-state index in [0.29, 0.717) is 6.42 Å². The molecule has 1 aliphatic rings. The first-order chi connectivity index (χ1) is 9.39. The zero-order chi connectivity index (χ0) is 14.9. The summed E-state index contributed by atoms with van der Waals surface area (Å²) >= 11 is 0. The highest BCUT2D eigenvalue weighted by Gasteiger charge is 2.51. The Labute approximate surface area is 119 Å². The summed E-state index contributed by atoms with van der Waals surface area (Å²) in [5, 5.41) is 11.7. The van der Waals surface area contributed by atoms with Crippen molar-refractivity contribution in [1.82, 2.24) is 5.32 Å². The number of carboxylic acids is 1. The van der Waals surface area contributed by atoms with Crippen molar-refractivity contribution < 1.29 is 14.7 Å². The van der Waals surface area contributed by atoms with Gasteiger partial charge in [-0.3, -0.25) is 4.79 Å². The topological polar surface area (TPSA) is 66.4 Å². The Kier molecular flexibility index (Phi) is 3.84. The molecule has 1 aromatic rings. The molecule has 2 N–H and O–H groups in total. The van der Waals surface area contributed by atoms with Crippen LogP contribution in [0.2, 0.25) is 0 Å². The molecule has 108 valence electrons. The predicted octanol–water partition coefficient (Wildman–Crippen LogP) is 2.31. The molecule has 0 aliphatic heterocycles. The van der Waals surface area contributed by atoms with Gasteiger partial charge in [-0.15, -0.1) is 0 Å². The van der Waals surface area contributed by atoms with Gasteiger partial charge in [0.25, 0.3) is 0 Å². The summed E-state index contributed by atoms with van der Waals surface area (Å²) in [5.41, 5.74) is 2.75. The fourth-order valence-corrected chi connectivity index (χ4v) is 2.66. The molecule has 1 unspecified atom stereocenters. The lowest BCUT2D eigenvalue weighted by atomic mass is 9.91. The molecule has 20 heavy (non-hydrogen) atoms. The number of amides is 1. The van der Waals surface area contributed by atoms with Gasteiger partial charge in [0.15, 0.2) is 0 Å².